The fourth-order valence-electron chi connectivity index (χ4n) is 3.95. The minimum absolute atomic E-state index is 0.0436. The van der Waals surface area contributed by atoms with Gasteiger partial charge in [-0.25, -0.2) is 18.5 Å². The van der Waals surface area contributed by atoms with Crippen LogP contribution >= 0.6 is 0 Å². The van der Waals surface area contributed by atoms with Crippen molar-refractivity contribution in [3.05, 3.63) is 35.9 Å². The number of rotatable bonds is 7. The quantitative estimate of drug-likeness (QED) is 0.407. The number of alkyl carbamates (subject to hydrolysis) is 1. The van der Waals surface area contributed by atoms with E-state index in [2.05, 4.69) is 30.9 Å². The summed E-state index contributed by atoms with van der Waals surface area (Å²) in [5.41, 5.74) is 2.26. The molecule has 0 aromatic carbocycles. The molecular formula is C21H30N8O3S. The normalized spacial score (nSPS) is 21.1. The van der Waals surface area contributed by atoms with Gasteiger partial charge < -0.3 is 15.4 Å². The molecule has 11 nitrogen and oxygen atoms in total. The van der Waals surface area contributed by atoms with E-state index in [0.717, 1.165) is 25.0 Å². The number of H-pyrrole nitrogens is 1. The van der Waals surface area contributed by atoms with E-state index >= 15 is 0 Å². The highest BCUT2D eigenvalue weighted by molar-refractivity contribution is 7.91. The van der Waals surface area contributed by atoms with Gasteiger partial charge in [-0.05, 0) is 46.1 Å². The molecule has 0 saturated heterocycles. The van der Waals surface area contributed by atoms with Crippen LogP contribution in [0.2, 0.25) is 0 Å². The Bertz CT molecular complexity index is 1250. The maximum absolute atomic E-state index is 12.1. The van der Waals surface area contributed by atoms with Crippen molar-refractivity contribution in [2.75, 3.05) is 11.6 Å². The number of anilines is 2. The van der Waals surface area contributed by atoms with Gasteiger partial charge in [-0.1, -0.05) is 0 Å². The standard InChI is InChI=1S/C21H30N8O3S/c1-12(2)24-21(30)32-15-6-5-14(9-15)17-11-19(27-26-17)25-20-18-10-16(13(3)33(4,22)31)28-29(18)8-7-23-20/h7-8,10-15,22H,5-6,9H2,1-4H3,(H,24,30)(H2,23,25,26,27)/t13?,14-,15+,33?/m0/s1. The molecule has 1 amide bonds. The largest absolute Gasteiger partial charge is 0.446 e. The third kappa shape index (κ3) is 5.27. The molecule has 4 rings (SSSR count). The van der Waals surface area contributed by atoms with Crippen LogP contribution in [0.15, 0.2) is 24.5 Å². The Morgan fingerprint density at radius 1 is 1.33 bits per heavy atom. The lowest BCUT2D eigenvalue weighted by molar-refractivity contribution is 0.0981. The summed E-state index contributed by atoms with van der Waals surface area (Å²) in [5, 5.41) is 17.4. The molecule has 0 spiro atoms. The first kappa shape index (κ1) is 23.0. The monoisotopic (exact) mass is 474 g/mol. The maximum atomic E-state index is 12.1. The Morgan fingerprint density at radius 3 is 2.85 bits per heavy atom. The lowest BCUT2D eigenvalue weighted by Gasteiger charge is -2.14. The Balaban J connectivity index is 1.45. The molecule has 3 aromatic rings. The molecule has 1 fully saturated rings. The van der Waals surface area contributed by atoms with Crippen LogP contribution in [0.25, 0.3) is 5.52 Å². The minimum Gasteiger partial charge on any atom is -0.446 e. The number of nitrogens with one attached hydrogen (secondary N) is 4. The van der Waals surface area contributed by atoms with Gasteiger partial charge in [0.05, 0.1) is 10.9 Å². The van der Waals surface area contributed by atoms with Crippen LogP contribution in [0, 0.1) is 4.78 Å². The number of hydrogen-bond donors (Lipinski definition) is 4. The van der Waals surface area contributed by atoms with Crippen molar-refractivity contribution in [3.8, 4) is 0 Å². The summed E-state index contributed by atoms with van der Waals surface area (Å²) in [6.45, 7) is 5.54. The number of aromatic nitrogens is 5. The van der Waals surface area contributed by atoms with E-state index in [9.17, 15) is 9.00 Å². The van der Waals surface area contributed by atoms with E-state index in [1.54, 1.807) is 29.9 Å². The van der Waals surface area contributed by atoms with Crippen molar-refractivity contribution < 1.29 is 13.7 Å². The highest BCUT2D eigenvalue weighted by Crippen LogP contribution is 2.36. The number of nitrogens with zero attached hydrogens (tertiary/aromatic N) is 4. The molecule has 0 radical (unpaired) electrons. The van der Waals surface area contributed by atoms with E-state index in [1.807, 2.05) is 19.9 Å². The predicted octanol–water partition coefficient (Wildman–Crippen LogP) is 3.70. The van der Waals surface area contributed by atoms with Gasteiger partial charge in [-0.15, -0.1) is 0 Å². The molecule has 1 aliphatic carbocycles. The third-order valence-electron chi connectivity index (χ3n) is 5.85. The van der Waals surface area contributed by atoms with E-state index in [4.69, 9.17) is 9.52 Å². The number of carbonyl (C=O) groups excluding carboxylic acids is 1. The summed E-state index contributed by atoms with van der Waals surface area (Å²) in [4.78, 5) is 16.3. The molecule has 4 atom stereocenters. The number of hydrogen-bond acceptors (Lipinski definition) is 8. The Kier molecular flexibility index (Phi) is 6.28. The summed E-state index contributed by atoms with van der Waals surface area (Å²) in [6.07, 6.45) is 6.72. The number of fused-ring (bicyclic) bond motifs is 1. The molecule has 3 aromatic heterocycles. The van der Waals surface area contributed by atoms with Crippen molar-refractivity contribution >= 4 is 33.0 Å². The highest BCUT2D eigenvalue weighted by Gasteiger charge is 2.30. The molecule has 33 heavy (non-hydrogen) atoms. The topological polar surface area (TPSA) is 150 Å². The van der Waals surface area contributed by atoms with Gasteiger partial charge in [0.25, 0.3) is 0 Å². The van der Waals surface area contributed by atoms with Crippen LogP contribution in [0.3, 0.4) is 0 Å². The summed E-state index contributed by atoms with van der Waals surface area (Å²) in [6, 6.07) is 3.78. The number of aromatic amines is 1. The molecular weight excluding hydrogens is 444 g/mol. The van der Waals surface area contributed by atoms with Gasteiger partial charge in [0, 0.05) is 52.1 Å². The fraction of sp³-hybridized carbons (Fsp3) is 0.524. The second kappa shape index (κ2) is 9.00. The van der Waals surface area contributed by atoms with E-state index in [1.165, 1.54) is 6.26 Å². The number of amides is 1. The lowest BCUT2D eigenvalue weighted by atomic mass is 10.0. The first-order valence-electron chi connectivity index (χ1n) is 11.0. The Hall–Kier alpha value is -3.15. The van der Waals surface area contributed by atoms with Crippen LogP contribution in [0.1, 0.15) is 62.6 Å². The molecule has 3 heterocycles. The van der Waals surface area contributed by atoms with Crippen molar-refractivity contribution in [2.24, 2.45) is 0 Å². The molecule has 1 aliphatic rings. The first-order chi connectivity index (χ1) is 15.6. The van der Waals surface area contributed by atoms with Crippen LogP contribution in [0.4, 0.5) is 16.4 Å². The summed E-state index contributed by atoms with van der Waals surface area (Å²) < 4.78 is 27.2. The maximum Gasteiger partial charge on any atom is 0.407 e. The van der Waals surface area contributed by atoms with Gasteiger partial charge in [0.15, 0.2) is 11.6 Å². The van der Waals surface area contributed by atoms with Crippen LogP contribution in [-0.2, 0) is 14.5 Å². The minimum atomic E-state index is -2.77. The summed E-state index contributed by atoms with van der Waals surface area (Å²) in [5.74, 6) is 1.40. The van der Waals surface area contributed by atoms with Gasteiger partial charge in [0.2, 0.25) is 0 Å². The Morgan fingerprint density at radius 2 is 2.12 bits per heavy atom. The number of carbonyl (C=O) groups is 1. The summed E-state index contributed by atoms with van der Waals surface area (Å²) in [7, 11) is -2.77. The molecule has 0 aliphatic heterocycles. The zero-order chi connectivity index (χ0) is 23.8. The fourth-order valence-corrected chi connectivity index (χ4v) is 4.52. The third-order valence-corrected chi connectivity index (χ3v) is 7.44. The van der Waals surface area contributed by atoms with Crippen molar-refractivity contribution in [1.82, 2.24) is 30.1 Å². The lowest BCUT2D eigenvalue weighted by Crippen LogP contribution is -2.33. The molecule has 12 heteroatoms. The SMILES string of the molecule is CC(C)NC(=O)O[C@@H]1CC[C@H](c2cc(Nc3nccn4nc(C(C)S(C)(=N)=O)cc34)n[nH]2)C1. The van der Waals surface area contributed by atoms with Crippen molar-refractivity contribution in [1.29, 1.82) is 4.78 Å². The first-order valence-corrected chi connectivity index (χ1v) is 13.0. The number of ether oxygens (including phenoxy) is 1. The zero-order valence-corrected chi connectivity index (χ0v) is 20.0. The average molecular weight is 475 g/mol. The zero-order valence-electron chi connectivity index (χ0n) is 19.2. The smallest absolute Gasteiger partial charge is 0.407 e. The molecule has 4 N–H and O–H groups in total. The van der Waals surface area contributed by atoms with Gasteiger partial charge in [-0.3, -0.25) is 9.88 Å². The van der Waals surface area contributed by atoms with Gasteiger partial charge in [0.1, 0.15) is 11.6 Å². The second-order valence-corrected chi connectivity index (χ2v) is 11.4. The van der Waals surface area contributed by atoms with Crippen molar-refractivity contribution in [2.45, 2.75) is 63.3 Å². The molecule has 178 valence electrons. The average Bonchev–Trinajstić information content (AvgIpc) is 3.45. The van der Waals surface area contributed by atoms with Crippen molar-refractivity contribution in [3.63, 3.8) is 0 Å². The Labute approximate surface area is 192 Å². The molecule has 2 unspecified atom stereocenters. The van der Waals surface area contributed by atoms with Crippen LogP contribution in [-0.4, -0.2) is 53.5 Å². The van der Waals surface area contributed by atoms with Crippen LogP contribution < -0.4 is 10.6 Å². The van der Waals surface area contributed by atoms with Crippen LogP contribution in [0.5, 0.6) is 0 Å². The highest BCUT2D eigenvalue weighted by atomic mass is 32.2. The van der Waals surface area contributed by atoms with Gasteiger partial charge in [-0.2, -0.15) is 10.2 Å². The summed E-state index contributed by atoms with van der Waals surface area (Å²) >= 11 is 0. The second-order valence-electron chi connectivity index (χ2n) is 8.89. The molecule has 1 saturated carbocycles. The van der Waals surface area contributed by atoms with E-state index in [-0.39, 0.29) is 24.2 Å². The predicted molar refractivity (Wildman–Crippen MR) is 125 cm³/mol. The van der Waals surface area contributed by atoms with E-state index < -0.39 is 15.0 Å². The molecule has 0 bridgehead atoms. The van der Waals surface area contributed by atoms with E-state index in [0.29, 0.717) is 22.8 Å². The van der Waals surface area contributed by atoms with Gasteiger partial charge >= 0.3 is 6.09 Å².